The predicted octanol–water partition coefficient (Wildman–Crippen LogP) is -0.912. The first-order chi connectivity index (χ1) is 15.3. The molecule has 2 atom stereocenters. The van der Waals surface area contributed by atoms with Crippen LogP contribution in [0, 0.1) is 5.41 Å². The minimum absolute atomic E-state index is 0.0643. The van der Waals surface area contributed by atoms with Gasteiger partial charge in [-0.3, -0.25) is 24.7 Å². The van der Waals surface area contributed by atoms with E-state index in [0.717, 1.165) is 28.5 Å². The van der Waals surface area contributed by atoms with Gasteiger partial charge >= 0.3 is 5.97 Å². The maximum Gasteiger partial charge on any atom is 0.329 e. The number of hydrogen-bond donors (Lipinski definition) is 6. The Bertz CT molecular complexity index is 961. The minimum atomic E-state index is -1.24. The summed E-state index contributed by atoms with van der Waals surface area (Å²) >= 11 is 0. The molecule has 0 aliphatic heterocycles. The van der Waals surface area contributed by atoms with E-state index in [0.29, 0.717) is 6.42 Å². The number of rotatable bonds is 11. The van der Waals surface area contributed by atoms with Crippen LogP contribution in [0.2, 0.25) is 0 Å². The highest BCUT2D eigenvalue weighted by Gasteiger charge is 2.37. The average Bonchev–Trinajstić information content (AvgIpc) is 3.17. The van der Waals surface area contributed by atoms with Crippen LogP contribution in [0.15, 0.2) is 30.5 Å². The second-order valence-electron chi connectivity index (χ2n) is 7.10. The number of guanidine groups is 1. The lowest BCUT2D eigenvalue weighted by molar-refractivity contribution is -0.162. The molecule has 0 bridgehead atoms. The number of amides is 2. The Morgan fingerprint density at radius 1 is 1.28 bits per heavy atom. The summed E-state index contributed by atoms with van der Waals surface area (Å²) in [6, 6.07) is 5.18. The number of esters is 1. The topological polar surface area (TPSA) is 203 Å². The van der Waals surface area contributed by atoms with Crippen molar-refractivity contribution in [3.63, 3.8) is 0 Å². The van der Waals surface area contributed by atoms with Crippen LogP contribution < -0.4 is 22.7 Å². The number of carbonyl (C=O) groups is 3. The molecule has 0 aliphatic carbocycles. The van der Waals surface area contributed by atoms with E-state index < -0.39 is 36.5 Å². The van der Waals surface area contributed by atoms with Crippen LogP contribution in [0.3, 0.4) is 0 Å². The van der Waals surface area contributed by atoms with E-state index in [-0.39, 0.29) is 25.3 Å². The number of carbonyl (C=O) groups excluding carboxylic acids is 3. The van der Waals surface area contributed by atoms with Gasteiger partial charge in [-0.2, -0.15) is 0 Å². The molecule has 174 valence electrons. The molecule has 12 nitrogen and oxygen atoms in total. The van der Waals surface area contributed by atoms with Crippen molar-refractivity contribution < 1.29 is 24.0 Å². The van der Waals surface area contributed by atoms with Gasteiger partial charge in [0, 0.05) is 23.6 Å². The zero-order chi connectivity index (χ0) is 23.7. The van der Waals surface area contributed by atoms with Gasteiger partial charge in [0.2, 0.25) is 5.91 Å². The van der Waals surface area contributed by atoms with E-state index in [4.69, 9.17) is 27.5 Å². The normalized spacial score (nSPS) is 12.7. The number of imide groups is 1. The van der Waals surface area contributed by atoms with E-state index in [9.17, 15) is 14.4 Å². The molecule has 0 fully saturated rings. The average molecular weight is 447 g/mol. The summed E-state index contributed by atoms with van der Waals surface area (Å²) in [5, 5.41) is 10.7. The number of nitrogens with zero attached hydrogens (tertiary/aromatic N) is 1. The first-order valence-corrected chi connectivity index (χ1v) is 9.94. The lowest BCUT2D eigenvalue weighted by atomic mass is 10.0. The fourth-order valence-electron chi connectivity index (χ4n) is 3.40. The van der Waals surface area contributed by atoms with Crippen LogP contribution >= 0.6 is 0 Å². The molecule has 1 aromatic carbocycles. The van der Waals surface area contributed by atoms with Crippen molar-refractivity contribution in [1.82, 2.24) is 15.2 Å². The zero-order valence-corrected chi connectivity index (χ0v) is 17.8. The van der Waals surface area contributed by atoms with E-state index in [1.54, 1.807) is 6.20 Å². The number of ether oxygens (including phenoxy) is 1. The molecular weight excluding hydrogens is 418 g/mol. The Kier molecular flexibility index (Phi) is 9.13. The molecule has 2 aromatic rings. The summed E-state index contributed by atoms with van der Waals surface area (Å²) < 4.78 is 4.80. The van der Waals surface area contributed by atoms with Crippen LogP contribution in [0.1, 0.15) is 18.4 Å². The summed E-state index contributed by atoms with van der Waals surface area (Å²) in [5.41, 5.74) is 13.1. The Morgan fingerprint density at radius 3 is 2.66 bits per heavy atom. The van der Waals surface area contributed by atoms with E-state index in [2.05, 4.69) is 15.1 Å². The van der Waals surface area contributed by atoms with Crippen LogP contribution in [0.4, 0.5) is 0 Å². The number of hydrogen-bond acceptors (Lipinski definition) is 8. The second-order valence-corrected chi connectivity index (χ2v) is 7.10. The number of H-pyrrole nitrogens is 1. The van der Waals surface area contributed by atoms with Crippen LogP contribution in [-0.4, -0.2) is 66.0 Å². The minimum Gasteiger partial charge on any atom is -0.467 e. The SMILES string of the molecule is COC(=O)C(CCCNC(=N)N)N(C(=O)CON)C(=O)C(N)Cc1c[nH]c2ccccc12. The van der Waals surface area contributed by atoms with Crippen molar-refractivity contribution in [2.75, 3.05) is 20.3 Å². The maximum atomic E-state index is 13.2. The highest BCUT2D eigenvalue weighted by atomic mass is 16.6. The number of nitrogens with two attached hydrogens (primary N) is 3. The van der Waals surface area contributed by atoms with Crippen LogP contribution in [0.25, 0.3) is 10.9 Å². The number of fused-ring (bicyclic) bond motifs is 1. The molecule has 0 spiro atoms. The molecule has 2 amide bonds. The van der Waals surface area contributed by atoms with Gasteiger partial charge in [0.1, 0.15) is 12.6 Å². The summed E-state index contributed by atoms with van der Waals surface area (Å²) in [7, 11) is 1.15. The molecule has 1 heterocycles. The highest BCUT2D eigenvalue weighted by molar-refractivity contribution is 6.02. The zero-order valence-electron chi connectivity index (χ0n) is 17.8. The Balaban J connectivity index is 2.24. The molecule has 0 saturated carbocycles. The summed E-state index contributed by atoms with van der Waals surface area (Å²) in [5.74, 6) is 2.42. The number of nitrogens with one attached hydrogen (secondary N) is 3. The first-order valence-electron chi connectivity index (χ1n) is 9.94. The molecule has 32 heavy (non-hydrogen) atoms. The molecule has 1 aromatic heterocycles. The number of aromatic nitrogens is 1. The molecular formula is C20H29N7O5. The van der Waals surface area contributed by atoms with Gasteiger partial charge in [0.05, 0.1) is 13.2 Å². The number of aromatic amines is 1. The molecule has 0 aliphatic rings. The quantitative estimate of drug-likeness (QED) is 0.0828. The monoisotopic (exact) mass is 447 g/mol. The molecule has 12 heteroatoms. The third-order valence-electron chi connectivity index (χ3n) is 4.90. The van der Waals surface area contributed by atoms with E-state index >= 15 is 0 Å². The smallest absolute Gasteiger partial charge is 0.329 e. The Hall–Kier alpha value is -3.48. The number of para-hydroxylation sites is 1. The van der Waals surface area contributed by atoms with Gasteiger partial charge in [-0.1, -0.05) is 18.2 Å². The van der Waals surface area contributed by atoms with Gasteiger partial charge in [0.15, 0.2) is 5.96 Å². The van der Waals surface area contributed by atoms with Gasteiger partial charge in [-0.15, -0.1) is 0 Å². The maximum absolute atomic E-state index is 13.2. The van der Waals surface area contributed by atoms with Crippen LogP contribution in [-0.2, 0) is 30.4 Å². The third kappa shape index (κ3) is 6.26. The second kappa shape index (κ2) is 11.8. The lowest BCUT2D eigenvalue weighted by Crippen LogP contribution is -2.56. The van der Waals surface area contributed by atoms with Crippen molar-refractivity contribution in [2.45, 2.75) is 31.3 Å². The van der Waals surface area contributed by atoms with Crippen molar-refractivity contribution in [3.8, 4) is 0 Å². The molecule has 9 N–H and O–H groups in total. The number of benzene rings is 1. The summed E-state index contributed by atoms with van der Waals surface area (Å²) in [4.78, 5) is 46.6. The van der Waals surface area contributed by atoms with Crippen molar-refractivity contribution in [1.29, 1.82) is 5.41 Å². The third-order valence-corrected chi connectivity index (χ3v) is 4.90. The van der Waals surface area contributed by atoms with Gasteiger partial charge in [-0.05, 0) is 30.9 Å². The van der Waals surface area contributed by atoms with Crippen molar-refractivity contribution in [3.05, 3.63) is 36.0 Å². The van der Waals surface area contributed by atoms with Crippen molar-refractivity contribution in [2.24, 2.45) is 17.4 Å². The van der Waals surface area contributed by atoms with E-state index in [1.165, 1.54) is 0 Å². The van der Waals surface area contributed by atoms with E-state index in [1.807, 2.05) is 24.3 Å². The van der Waals surface area contributed by atoms with Crippen LogP contribution in [0.5, 0.6) is 0 Å². The fraction of sp³-hybridized carbons (Fsp3) is 0.400. The summed E-state index contributed by atoms with van der Waals surface area (Å²) in [6.45, 7) is -0.363. The molecule has 0 saturated heterocycles. The molecule has 2 rings (SSSR count). The summed E-state index contributed by atoms with van der Waals surface area (Å²) in [6.07, 6.45) is 2.26. The van der Waals surface area contributed by atoms with Gasteiger partial charge < -0.3 is 26.5 Å². The standard InChI is InChI=1S/C20H29N7O5/c1-31-19(30)16(7-4-8-25-20(22)23)27(17(28)11-32-24)18(29)14(21)9-12-10-26-15-6-3-2-5-13(12)15/h2-3,5-6,10,14,16,26H,4,7-9,11,21,24H2,1H3,(H4,22,23,25). The highest BCUT2D eigenvalue weighted by Crippen LogP contribution is 2.20. The largest absolute Gasteiger partial charge is 0.467 e. The van der Waals surface area contributed by atoms with Crippen molar-refractivity contribution >= 4 is 34.6 Å². The van der Waals surface area contributed by atoms with Gasteiger partial charge in [-0.25, -0.2) is 10.7 Å². The predicted molar refractivity (Wildman–Crippen MR) is 117 cm³/mol. The molecule has 0 radical (unpaired) electrons. The Morgan fingerprint density at radius 2 is 2.00 bits per heavy atom. The lowest BCUT2D eigenvalue weighted by Gasteiger charge is -2.30. The molecule has 2 unspecified atom stereocenters. The number of methoxy groups -OCH3 is 1. The fourth-order valence-corrected chi connectivity index (χ4v) is 3.40. The first kappa shape index (κ1) is 24.8. The Labute approximate surface area is 184 Å². The van der Waals surface area contributed by atoms with Gasteiger partial charge in [0.25, 0.3) is 5.91 Å².